The summed E-state index contributed by atoms with van der Waals surface area (Å²) in [6.07, 6.45) is 6.49. The van der Waals surface area contributed by atoms with Crippen LogP contribution in [-0.4, -0.2) is 45.3 Å². The summed E-state index contributed by atoms with van der Waals surface area (Å²) in [5, 5.41) is 11.4. The van der Waals surface area contributed by atoms with E-state index in [4.69, 9.17) is 14.0 Å². The summed E-state index contributed by atoms with van der Waals surface area (Å²) in [5.41, 5.74) is 2.23. The number of hydrogen-bond acceptors (Lipinski definition) is 6. The van der Waals surface area contributed by atoms with Crippen LogP contribution < -0.4 is 0 Å². The van der Waals surface area contributed by atoms with Crippen molar-refractivity contribution in [1.29, 1.82) is 0 Å². The van der Waals surface area contributed by atoms with Crippen LogP contribution >= 0.6 is 11.8 Å². The molecular weight excluding hydrogens is 533 g/mol. The van der Waals surface area contributed by atoms with E-state index in [1.165, 1.54) is 0 Å². The summed E-state index contributed by atoms with van der Waals surface area (Å²) in [4.78, 5) is 14.0. The standard InChI is InChI=1S/C33H48BNO5S/c1-13-23(34-39-32(9,10)33(11,12)40-34)16-15-22(3)21-35-26-18-17-24(36)19-25(26)28(41-30(4,5)6)27(35)20-31(7,8)29(37)38-14-2/h13,15-19,36H,3,14,20-21H2,1-2,4-12H3. The number of allylic oxidation sites excluding steroid dienone is 5. The second-order valence-corrected chi connectivity index (χ2v) is 15.3. The average molecular weight is 582 g/mol. The molecule has 1 saturated heterocycles. The zero-order valence-corrected chi connectivity index (χ0v) is 27.6. The Labute approximate surface area is 251 Å². The van der Waals surface area contributed by atoms with Crippen molar-refractivity contribution < 1.29 is 23.9 Å². The molecule has 224 valence electrons. The Bertz CT molecular complexity index is 1340. The van der Waals surface area contributed by atoms with Gasteiger partial charge in [-0.1, -0.05) is 45.6 Å². The molecule has 0 unspecified atom stereocenters. The van der Waals surface area contributed by atoms with Gasteiger partial charge in [0.15, 0.2) is 0 Å². The third kappa shape index (κ3) is 7.51. The second kappa shape index (κ2) is 12.1. The summed E-state index contributed by atoms with van der Waals surface area (Å²) in [5.74, 6) is -0.0225. The fraction of sp³-hybridized carbons (Fsp3) is 0.545. The van der Waals surface area contributed by atoms with Crippen LogP contribution in [0.3, 0.4) is 0 Å². The van der Waals surface area contributed by atoms with Crippen LogP contribution in [0.2, 0.25) is 0 Å². The summed E-state index contributed by atoms with van der Waals surface area (Å²) in [7, 11) is -0.458. The number of esters is 1. The summed E-state index contributed by atoms with van der Waals surface area (Å²) < 4.78 is 20.1. The van der Waals surface area contributed by atoms with Crippen LogP contribution in [0.15, 0.2) is 58.9 Å². The number of phenols is 1. The quantitative estimate of drug-likeness (QED) is 0.133. The lowest BCUT2D eigenvalue weighted by Crippen LogP contribution is -2.41. The number of aromatic hydroxyl groups is 1. The first kappa shape index (κ1) is 33.1. The molecule has 41 heavy (non-hydrogen) atoms. The number of thioether (sulfide) groups is 1. The molecule has 0 aliphatic carbocycles. The van der Waals surface area contributed by atoms with Crippen LogP contribution in [0.4, 0.5) is 0 Å². The SMILES string of the molecule is C=C(C=CC(=CC)B1OC(C)(C)C(C)(C)O1)Cn1c(CC(C)(C)C(=O)OCC)c(SC(C)(C)C)c2cc(O)ccc21. The van der Waals surface area contributed by atoms with Gasteiger partial charge in [0.05, 0.1) is 23.2 Å². The van der Waals surface area contributed by atoms with Crippen LogP contribution in [0.1, 0.15) is 81.9 Å². The fourth-order valence-electron chi connectivity index (χ4n) is 4.72. The van der Waals surface area contributed by atoms with E-state index in [2.05, 4.69) is 31.9 Å². The number of aromatic nitrogens is 1. The number of rotatable bonds is 10. The smallest absolute Gasteiger partial charge is 0.494 e. The van der Waals surface area contributed by atoms with E-state index in [0.717, 1.165) is 32.5 Å². The van der Waals surface area contributed by atoms with Gasteiger partial charge in [-0.2, -0.15) is 0 Å². The molecule has 1 aromatic carbocycles. The van der Waals surface area contributed by atoms with Gasteiger partial charge in [-0.3, -0.25) is 4.79 Å². The molecule has 1 N–H and O–H groups in total. The van der Waals surface area contributed by atoms with Gasteiger partial charge in [-0.15, -0.1) is 11.8 Å². The first-order chi connectivity index (χ1) is 18.8. The number of phenolic OH excluding ortho intramolecular Hbond substituents is 1. The number of nitrogens with zero attached hydrogens (tertiary/aromatic N) is 1. The summed E-state index contributed by atoms with van der Waals surface area (Å²) in [6.45, 7) is 27.6. The Kier molecular flexibility index (Phi) is 9.73. The first-order valence-electron chi connectivity index (χ1n) is 14.4. The predicted molar refractivity (Wildman–Crippen MR) is 171 cm³/mol. The maximum absolute atomic E-state index is 13.0. The molecule has 2 heterocycles. The van der Waals surface area contributed by atoms with Crippen molar-refractivity contribution in [1.82, 2.24) is 4.57 Å². The van der Waals surface area contributed by atoms with Crippen LogP contribution in [0.5, 0.6) is 5.75 Å². The van der Waals surface area contributed by atoms with Crippen LogP contribution in [0.25, 0.3) is 10.9 Å². The molecular formula is C33H48BNO5S. The van der Waals surface area contributed by atoms with E-state index < -0.39 is 23.7 Å². The van der Waals surface area contributed by atoms with E-state index in [-0.39, 0.29) is 16.5 Å². The molecule has 1 fully saturated rings. The van der Waals surface area contributed by atoms with Gasteiger partial charge in [0, 0.05) is 39.2 Å². The Hall–Kier alpha value is -2.42. The first-order valence-corrected chi connectivity index (χ1v) is 15.2. The van der Waals surface area contributed by atoms with Gasteiger partial charge >= 0.3 is 13.1 Å². The Morgan fingerprint density at radius 3 is 2.27 bits per heavy atom. The molecule has 2 aromatic rings. The lowest BCUT2D eigenvalue weighted by Gasteiger charge is -2.32. The third-order valence-corrected chi connectivity index (χ3v) is 8.95. The van der Waals surface area contributed by atoms with E-state index in [0.29, 0.717) is 19.6 Å². The second-order valence-electron chi connectivity index (χ2n) is 13.4. The monoisotopic (exact) mass is 581 g/mol. The molecule has 0 radical (unpaired) electrons. The number of carbonyl (C=O) groups excluding carboxylic acids is 1. The van der Waals surface area contributed by atoms with Gasteiger partial charge in [0.2, 0.25) is 0 Å². The molecule has 1 aliphatic rings. The minimum absolute atomic E-state index is 0.0893. The minimum atomic E-state index is -0.747. The molecule has 6 nitrogen and oxygen atoms in total. The van der Waals surface area contributed by atoms with E-state index in [1.54, 1.807) is 17.8 Å². The van der Waals surface area contributed by atoms with Gasteiger partial charge in [-0.25, -0.2) is 0 Å². The number of fused-ring (bicyclic) bond motifs is 1. The van der Waals surface area contributed by atoms with Crippen molar-refractivity contribution in [2.45, 2.75) is 110 Å². The zero-order chi connectivity index (χ0) is 31.0. The van der Waals surface area contributed by atoms with Crippen LogP contribution in [-0.2, 0) is 31.8 Å². The molecule has 1 aromatic heterocycles. The van der Waals surface area contributed by atoms with Crippen LogP contribution in [0, 0.1) is 5.41 Å². The zero-order valence-electron chi connectivity index (χ0n) is 26.8. The van der Waals surface area contributed by atoms with E-state index >= 15 is 0 Å². The van der Waals surface area contributed by atoms with Crippen molar-refractivity contribution in [3.8, 4) is 5.75 Å². The van der Waals surface area contributed by atoms with Gasteiger partial charge in [0.25, 0.3) is 0 Å². The minimum Gasteiger partial charge on any atom is -0.508 e. The number of benzene rings is 1. The number of ether oxygens (including phenoxy) is 1. The predicted octanol–water partition coefficient (Wildman–Crippen LogP) is 8.06. The molecule has 0 saturated carbocycles. The number of carbonyl (C=O) groups is 1. The highest BCUT2D eigenvalue weighted by atomic mass is 32.2. The highest BCUT2D eigenvalue weighted by molar-refractivity contribution is 8.00. The van der Waals surface area contributed by atoms with Gasteiger partial charge in [-0.05, 0) is 84.6 Å². The Morgan fingerprint density at radius 1 is 1.12 bits per heavy atom. The molecule has 8 heteroatoms. The molecule has 0 amide bonds. The topological polar surface area (TPSA) is 69.9 Å². The third-order valence-electron chi connectivity index (χ3n) is 7.68. The molecule has 1 aliphatic heterocycles. The summed E-state index contributed by atoms with van der Waals surface area (Å²) in [6, 6.07) is 5.46. The van der Waals surface area contributed by atoms with E-state index in [9.17, 15) is 9.90 Å². The fourth-order valence-corrected chi connectivity index (χ4v) is 5.90. The highest BCUT2D eigenvalue weighted by Crippen LogP contribution is 2.44. The van der Waals surface area contributed by atoms with Gasteiger partial charge in [0.1, 0.15) is 5.75 Å². The van der Waals surface area contributed by atoms with Crippen molar-refractivity contribution >= 4 is 35.8 Å². The van der Waals surface area contributed by atoms with Gasteiger partial charge < -0.3 is 23.7 Å². The normalized spacial score (nSPS) is 17.5. The summed E-state index contributed by atoms with van der Waals surface area (Å²) >= 11 is 1.74. The molecule has 3 rings (SSSR count). The lowest BCUT2D eigenvalue weighted by atomic mass is 9.77. The molecule has 0 bridgehead atoms. The Morgan fingerprint density at radius 2 is 1.73 bits per heavy atom. The lowest BCUT2D eigenvalue weighted by molar-refractivity contribution is -0.153. The maximum Gasteiger partial charge on any atom is 0.494 e. The largest absolute Gasteiger partial charge is 0.508 e. The van der Waals surface area contributed by atoms with Crippen molar-refractivity contribution in [3.63, 3.8) is 0 Å². The Balaban J connectivity index is 2.04. The van der Waals surface area contributed by atoms with E-state index in [1.807, 2.05) is 85.8 Å². The van der Waals surface area contributed by atoms with Crippen molar-refractivity contribution in [2.24, 2.45) is 5.41 Å². The molecule has 0 spiro atoms. The van der Waals surface area contributed by atoms with Crippen molar-refractivity contribution in [2.75, 3.05) is 6.61 Å². The highest BCUT2D eigenvalue weighted by Gasteiger charge is 2.51. The van der Waals surface area contributed by atoms with Crippen molar-refractivity contribution in [3.05, 3.63) is 59.7 Å². The average Bonchev–Trinajstić information content (AvgIpc) is 3.21. The molecule has 0 atom stereocenters. The number of hydrogen-bond donors (Lipinski definition) is 1. The maximum atomic E-state index is 13.0.